The minimum absolute atomic E-state index is 0.157. The van der Waals surface area contributed by atoms with Crippen molar-refractivity contribution < 1.29 is 28.9 Å². The molecule has 1 fully saturated rings. The first-order valence-corrected chi connectivity index (χ1v) is 9.46. The molecule has 1 heterocycles. The van der Waals surface area contributed by atoms with Crippen LogP contribution in [0, 0.1) is 11.3 Å². The third-order valence-electron chi connectivity index (χ3n) is 5.43. The van der Waals surface area contributed by atoms with E-state index in [1.807, 2.05) is 20.8 Å². The summed E-state index contributed by atoms with van der Waals surface area (Å²) in [6, 6.07) is 0. The first-order chi connectivity index (χ1) is 12.0. The topological polar surface area (TPSA) is 78.9 Å². The van der Waals surface area contributed by atoms with Crippen molar-refractivity contribution in [2.45, 2.75) is 91.3 Å². The van der Waals surface area contributed by atoms with Crippen molar-refractivity contribution in [2.75, 3.05) is 7.11 Å². The number of hydrogen-bond acceptors (Lipinski definition) is 6. The fourth-order valence-electron chi connectivity index (χ4n) is 3.19. The lowest BCUT2D eigenvalue weighted by Crippen LogP contribution is -2.42. The van der Waals surface area contributed by atoms with Crippen molar-refractivity contribution in [2.24, 2.45) is 11.3 Å². The lowest BCUT2D eigenvalue weighted by atomic mass is 9.79. The van der Waals surface area contributed by atoms with Gasteiger partial charge >= 0.3 is 5.97 Å². The normalized spacial score (nSPS) is 24.8. The molecule has 0 aromatic heterocycles. The van der Waals surface area contributed by atoms with Gasteiger partial charge in [0.05, 0.1) is 13.0 Å². The standard InChI is InChI=1S/C20H34O6/c1-14(21)8-7-11-19(3,4)17(22)10-13-20(5)12-9-16(25-26-20)15(2)18(23)24-6/h15-16H,7-13H2,1-6H3/t15-,16?,20+/m0/s1. The third-order valence-corrected chi connectivity index (χ3v) is 5.43. The molecule has 0 saturated carbocycles. The van der Waals surface area contributed by atoms with Crippen molar-refractivity contribution in [3.8, 4) is 0 Å². The number of esters is 1. The first kappa shape index (κ1) is 22.8. The second kappa shape index (κ2) is 9.60. The van der Waals surface area contributed by atoms with Crippen LogP contribution in [0.1, 0.15) is 79.6 Å². The second-order valence-corrected chi connectivity index (χ2v) is 8.38. The first-order valence-electron chi connectivity index (χ1n) is 9.46. The van der Waals surface area contributed by atoms with Crippen LogP contribution in [0.2, 0.25) is 0 Å². The van der Waals surface area contributed by atoms with Gasteiger partial charge in [0.1, 0.15) is 23.3 Å². The van der Waals surface area contributed by atoms with Crippen LogP contribution < -0.4 is 0 Å². The van der Waals surface area contributed by atoms with Gasteiger partial charge in [-0.15, -0.1) is 0 Å². The number of carbonyl (C=O) groups is 3. The molecule has 1 saturated heterocycles. The fraction of sp³-hybridized carbons (Fsp3) is 0.850. The smallest absolute Gasteiger partial charge is 0.311 e. The Hall–Kier alpha value is -1.27. The van der Waals surface area contributed by atoms with E-state index >= 15 is 0 Å². The summed E-state index contributed by atoms with van der Waals surface area (Å²) < 4.78 is 4.74. The van der Waals surface area contributed by atoms with E-state index in [1.165, 1.54) is 7.11 Å². The summed E-state index contributed by atoms with van der Waals surface area (Å²) in [5, 5.41) is 0. The van der Waals surface area contributed by atoms with E-state index in [9.17, 15) is 14.4 Å². The minimum atomic E-state index is -0.530. The summed E-state index contributed by atoms with van der Waals surface area (Å²) in [6.07, 6.45) is 4.02. The summed E-state index contributed by atoms with van der Waals surface area (Å²) in [7, 11) is 1.36. The molecule has 0 radical (unpaired) electrons. The number of hydrogen-bond donors (Lipinski definition) is 0. The van der Waals surface area contributed by atoms with Crippen LogP contribution in [-0.2, 0) is 28.9 Å². The van der Waals surface area contributed by atoms with E-state index in [0.29, 0.717) is 32.1 Å². The average molecular weight is 370 g/mol. The van der Waals surface area contributed by atoms with Gasteiger partial charge in [-0.3, -0.25) is 9.59 Å². The van der Waals surface area contributed by atoms with Gasteiger partial charge in [-0.05, 0) is 52.9 Å². The summed E-state index contributed by atoms with van der Waals surface area (Å²) in [4.78, 5) is 46.3. The van der Waals surface area contributed by atoms with Gasteiger partial charge in [-0.25, -0.2) is 9.78 Å². The van der Waals surface area contributed by atoms with Gasteiger partial charge in [0, 0.05) is 18.3 Å². The quantitative estimate of drug-likeness (QED) is 0.430. The highest BCUT2D eigenvalue weighted by Gasteiger charge is 2.39. The number of carbonyl (C=O) groups excluding carboxylic acids is 3. The van der Waals surface area contributed by atoms with Crippen molar-refractivity contribution >= 4 is 17.5 Å². The third kappa shape index (κ3) is 6.80. The number of ether oxygens (including phenoxy) is 1. The van der Waals surface area contributed by atoms with Gasteiger partial charge in [0.15, 0.2) is 0 Å². The van der Waals surface area contributed by atoms with Crippen molar-refractivity contribution in [3.63, 3.8) is 0 Å². The molecule has 26 heavy (non-hydrogen) atoms. The molecule has 3 atom stereocenters. The number of ketones is 2. The molecule has 0 aromatic carbocycles. The van der Waals surface area contributed by atoms with Crippen LogP contribution in [-0.4, -0.2) is 36.4 Å². The molecule has 1 aliphatic rings. The maximum Gasteiger partial charge on any atom is 0.311 e. The molecule has 1 unspecified atom stereocenters. The second-order valence-electron chi connectivity index (χ2n) is 8.38. The highest BCUT2D eigenvalue weighted by Crippen LogP contribution is 2.35. The molecule has 0 N–H and O–H groups in total. The van der Waals surface area contributed by atoms with E-state index in [-0.39, 0.29) is 29.6 Å². The van der Waals surface area contributed by atoms with Crippen LogP contribution in [0.3, 0.4) is 0 Å². The predicted octanol–water partition coefficient (Wildman–Crippen LogP) is 3.80. The molecule has 0 bridgehead atoms. The van der Waals surface area contributed by atoms with Crippen LogP contribution in [0.15, 0.2) is 0 Å². The molecule has 0 aliphatic carbocycles. The Balaban J connectivity index is 2.45. The lowest BCUT2D eigenvalue weighted by molar-refractivity contribution is -0.411. The van der Waals surface area contributed by atoms with Crippen LogP contribution in [0.5, 0.6) is 0 Å². The highest BCUT2D eigenvalue weighted by atomic mass is 17.2. The van der Waals surface area contributed by atoms with Gasteiger partial charge in [0.25, 0.3) is 0 Å². The molecule has 6 heteroatoms. The molecule has 0 spiro atoms. The summed E-state index contributed by atoms with van der Waals surface area (Å²) in [6.45, 7) is 9.14. The van der Waals surface area contributed by atoms with E-state index in [0.717, 1.165) is 12.8 Å². The fourth-order valence-corrected chi connectivity index (χ4v) is 3.19. The largest absolute Gasteiger partial charge is 0.469 e. The zero-order valence-electron chi connectivity index (χ0n) is 17.1. The van der Waals surface area contributed by atoms with Crippen molar-refractivity contribution in [1.82, 2.24) is 0 Å². The van der Waals surface area contributed by atoms with Gasteiger partial charge < -0.3 is 9.53 Å². The van der Waals surface area contributed by atoms with Gasteiger partial charge in [-0.2, -0.15) is 0 Å². The number of methoxy groups -OCH3 is 1. The Morgan fingerprint density at radius 2 is 1.92 bits per heavy atom. The predicted molar refractivity (Wildman–Crippen MR) is 97.3 cm³/mol. The van der Waals surface area contributed by atoms with Crippen LogP contribution in [0.25, 0.3) is 0 Å². The molecule has 6 nitrogen and oxygen atoms in total. The summed E-state index contributed by atoms with van der Waals surface area (Å²) >= 11 is 0. The Morgan fingerprint density at radius 1 is 1.27 bits per heavy atom. The van der Waals surface area contributed by atoms with E-state index < -0.39 is 11.0 Å². The summed E-state index contributed by atoms with van der Waals surface area (Å²) in [5.74, 6) is -0.365. The average Bonchev–Trinajstić information content (AvgIpc) is 2.58. The van der Waals surface area contributed by atoms with Crippen molar-refractivity contribution in [3.05, 3.63) is 0 Å². The molecular formula is C20H34O6. The van der Waals surface area contributed by atoms with Gasteiger partial charge in [-0.1, -0.05) is 13.8 Å². The number of rotatable bonds is 10. The SMILES string of the molecule is COC(=O)[C@@H](C)C1CC[C@](C)(CCC(=O)C(C)(C)CCCC(C)=O)OO1. The van der Waals surface area contributed by atoms with Gasteiger partial charge in [0.2, 0.25) is 0 Å². The zero-order chi connectivity index (χ0) is 20.0. The maximum absolute atomic E-state index is 12.6. The zero-order valence-corrected chi connectivity index (χ0v) is 17.1. The Bertz CT molecular complexity index is 502. The molecule has 1 aliphatic heterocycles. The van der Waals surface area contributed by atoms with E-state index in [2.05, 4.69) is 0 Å². The monoisotopic (exact) mass is 370 g/mol. The van der Waals surface area contributed by atoms with Crippen LogP contribution >= 0.6 is 0 Å². The molecule has 0 amide bonds. The Kier molecular flexibility index (Phi) is 8.41. The minimum Gasteiger partial charge on any atom is -0.469 e. The van der Waals surface area contributed by atoms with Crippen LogP contribution in [0.4, 0.5) is 0 Å². The Morgan fingerprint density at radius 3 is 2.42 bits per heavy atom. The Labute approximate surface area is 156 Å². The number of Topliss-reactive ketones (excluding diaryl/α,β-unsaturated/α-hetero) is 2. The molecule has 1 rings (SSSR count). The highest BCUT2D eigenvalue weighted by molar-refractivity contribution is 5.84. The molecule has 150 valence electrons. The van der Waals surface area contributed by atoms with Crippen molar-refractivity contribution in [1.29, 1.82) is 0 Å². The van der Waals surface area contributed by atoms with E-state index in [1.54, 1.807) is 13.8 Å². The van der Waals surface area contributed by atoms with E-state index in [4.69, 9.17) is 14.5 Å². The lowest BCUT2D eigenvalue weighted by Gasteiger charge is -2.37. The summed E-state index contributed by atoms with van der Waals surface area (Å²) in [5.41, 5.74) is -0.971. The maximum atomic E-state index is 12.6. The molecule has 0 aromatic rings. The molecular weight excluding hydrogens is 336 g/mol.